The third-order valence-corrected chi connectivity index (χ3v) is 5.11. The summed E-state index contributed by atoms with van der Waals surface area (Å²) in [6, 6.07) is -0.334. The van der Waals surface area contributed by atoms with Gasteiger partial charge in [-0.1, -0.05) is 0 Å². The maximum Gasteiger partial charge on any atom is 0.333 e. The Morgan fingerprint density at radius 1 is 1.38 bits per heavy atom. The van der Waals surface area contributed by atoms with Gasteiger partial charge in [0.25, 0.3) is 5.56 Å². The Bertz CT molecular complexity index is 1020. The van der Waals surface area contributed by atoms with Crippen LogP contribution in [-0.4, -0.2) is 41.3 Å². The van der Waals surface area contributed by atoms with E-state index in [-0.39, 0.29) is 18.5 Å². The molecule has 0 bridgehead atoms. The zero-order valence-corrected chi connectivity index (χ0v) is 14.6. The van der Waals surface area contributed by atoms with Crippen molar-refractivity contribution in [3.8, 4) is 0 Å². The SMILES string of the molecule is CONC1CN(c2c(F)cn3c(=O)[nH]c(=O)c(C4CC4)c3c2C)CC1=N. The smallest absolute Gasteiger partial charge is 0.333 e. The molecule has 2 fully saturated rings. The van der Waals surface area contributed by atoms with Crippen molar-refractivity contribution in [2.45, 2.75) is 31.7 Å². The standard InChI is InChI=1S/C17H20FN5O3/c1-8-14(22-6-11(19)12(7-22)21-26-2)10(18)5-23-15(8)13(9-3-4-9)16(24)20-17(23)25/h5,9,12,19,21H,3-4,6-7H2,1-2H3,(H,20,24,25). The van der Waals surface area contributed by atoms with Gasteiger partial charge in [0.05, 0.1) is 37.1 Å². The number of H-pyrrole nitrogens is 1. The highest BCUT2D eigenvalue weighted by molar-refractivity contribution is 5.95. The van der Waals surface area contributed by atoms with Gasteiger partial charge in [0.2, 0.25) is 0 Å². The second-order valence-corrected chi connectivity index (χ2v) is 6.90. The first kappa shape index (κ1) is 16.9. The molecule has 1 aliphatic carbocycles. The Labute approximate surface area is 148 Å². The molecular weight excluding hydrogens is 341 g/mol. The van der Waals surface area contributed by atoms with E-state index in [1.807, 2.05) is 0 Å². The van der Waals surface area contributed by atoms with Crippen LogP contribution in [0.15, 0.2) is 15.8 Å². The van der Waals surface area contributed by atoms with Crippen molar-refractivity contribution >= 4 is 16.9 Å². The van der Waals surface area contributed by atoms with Gasteiger partial charge in [-0.05, 0) is 25.7 Å². The fourth-order valence-corrected chi connectivity index (χ4v) is 3.81. The molecule has 9 heteroatoms. The maximum atomic E-state index is 14.9. The lowest BCUT2D eigenvalue weighted by Gasteiger charge is -2.23. The van der Waals surface area contributed by atoms with Crippen LogP contribution in [0.1, 0.15) is 29.9 Å². The van der Waals surface area contributed by atoms with E-state index in [1.165, 1.54) is 11.5 Å². The number of aromatic nitrogens is 2. The van der Waals surface area contributed by atoms with E-state index in [2.05, 4.69) is 10.5 Å². The molecular formula is C17H20FN5O3. The number of fused-ring (bicyclic) bond motifs is 1. The molecule has 0 spiro atoms. The number of anilines is 1. The lowest BCUT2D eigenvalue weighted by atomic mass is 10.1. The fourth-order valence-electron chi connectivity index (χ4n) is 3.81. The molecule has 26 heavy (non-hydrogen) atoms. The molecule has 0 amide bonds. The van der Waals surface area contributed by atoms with Gasteiger partial charge in [-0.25, -0.2) is 9.18 Å². The van der Waals surface area contributed by atoms with Gasteiger partial charge in [0.15, 0.2) is 5.82 Å². The maximum absolute atomic E-state index is 14.9. The number of hydroxylamine groups is 1. The molecule has 8 nitrogen and oxygen atoms in total. The Morgan fingerprint density at radius 2 is 2.12 bits per heavy atom. The largest absolute Gasteiger partial charge is 0.361 e. The van der Waals surface area contributed by atoms with E-state index in [0.717, 1.165) is 19.0 Å². The minimum atomic E-state index is -0.643. The van der Waals surface area contributed by atoms with E-state index >= 15 is 0 Å². The van der Waals surface area contributed by atoms with E-state index in [4.69, 9.17) is 10.2 Å². The number of halogens is 1. The number of hydrogen-bond donors (Lipinski definition) is 3. The van der Waals surface area contributed by atoms with Crippen molar-refractivity contribution in [2.75, 3.05) is 25.1 Å². The predicted octanol–water partition coefficient (Wildman–Crippen LogP) is 0.672. The van der Waals surface area contributed by atoms with Gasteiger partial charge in [0.1, 0.15) is 0 Å². The molecule has 0 aromatic carbocycles. The molecule has 2 aliphatic rings. The minimum absolute atomic E-state index is 0.103. The summed E-state index contributed by atoms with van der Waals surface area (Å²) < 4.78 is 16.1. The second-order valence-electron chi connectivity index (χ2n) is 6.90. The van der Waals surface area contributed by atoms with Crippen LogP contribution in [0, 0.1) is 18.2 Å². The van der Waals surface area contributed by atoms with Crippen LogP contribution in [0.5, 0.6) is 0 Å². The Kier molecular flexibility index (Phi) is 3.92. The second kappa shape index (κ2) is 6.03. The summed E-state index contributed by atoms with van der Waals surface area (Å²) in [4.78, 5) is 33.5. The van der Waals surface area contributed by atoms with Gasteiger partial charge in [-0.3, -0.25) is 14.2 Å². The third kappa shape index (κ3) is 2.55. The van der Waals surface area contributed by atoms with Crippen molar-refractivity contribution in [2.24, 2.45) is 0 Å². The van der Waals surface area contributed by atoms with Gasteiger partial charge < -0.3 is 15.1 Å². The number of nitrogens with one attached hydrogen (secondary N) is 3. The first-order valence-corrected chi connectivity index (χ1v) is 8.50. The fraction of sp³-hybridized carbons (Fsp3) is 0.471. The van der Waals surface area contributed by atoms with Crippen LogP contribution in [0.3, 0.4) is 0 Å². The Balaban J connectivity index is 1.92. The molecule has 2 aromatic rings. The van der Waals surface area contributed by atoms with E-state index < -0.39 is 17.1 Å². The van der Waals surface area contributed by atoms with Crippen molar-refractivity contribution in [3.63, 3.8) is 0 Å². The number of nitrogens with zero attached hydrogens (tertiary/aromatic N) is 2. The molecule has 1 saturated heterocycles. The molecule has 138 valence electrons. The average molecular weight is 361 g/mol. The van der Waals surface area contributed by atoms with Crippen molar-refractivity contribution in [1.29, 1.82) is 5.41 Å². The van der Waals surface area contributed by atoms with Crippen molar-refractivity contribution in [3.05, 3.63) is 44.0 Å². The Hall–Kier alpha value is -2.52. The highest BCUT2D eigenvalue weighted by Gasteiger charge is 2.34. The van der Waals surface area contributed by atoms with E-state index in [9.17, 15) is 14.0 Å². The minimum Gasteiger partial charge on any atom is -0.361 e. The number of aryl methyl sites for hydroxylation is 1. The topological polar surface area (TPSA) is 103 Å². The zero-order chi connectivity index (χ0) is 18.6. The van der Waals surface area contributed by atoms with Crippen LogP contribution in [0.25, 0.3) is 5.52 Å². The number of aromatic amines is 1. The molecule has 1 unspecified atom stereocenters. The summed E-state index contributed by atoms with van der Waals surface area (Å²) in [5.74, 6) is -0.456. The summed E-state index contributed by atoms with van der Waals surface area (Å²) in [6.07, 6.45) is 2.90. The summed E-state index contributed by atoms with van der Waals surface area (Å²) >= 11 is 0. The van der Waals surface area contributed by atoms with Crippen LogP contribution >= 0.6 is 0 Å². The molecule has 2 aromatic heterocycles. The average Bonchev–Trinajstić information content (AvgIpc) is 3.34. The summed E-state index contributed by atoms with van der Waals surface area (Å²) in [5.41, 5.74) is 3.96. The highest BCUT2D eigenvalue weighted by atomic mass is 19.1. The molecule has 0 radical (unpaired) electrons. The van der Waals surface area contributed by atoms with Gasteiger partial charge in [-0.15, -0.1) is 0 Å². The first-order chi connectivity index (χ1) is 12.4. The summed E-state index contributed by atoms with van der Waals surface area (Å²) in [6.45, 7) is 2.34. The quantitative estimate of drug-likeness (QED) is 0.695. The van der Waals surface area contributed by atoms with E-state index in [0.29, 0.717) is 34.6 Å². The molecule has 3 N–H and O–H groups in total. The van der Waals surface area contributed by atoms with Crippen molar-refractivity contribution in [1.82, 2.24) is 14.9 Å². The lowest BCUT2D eigenvalue weighted by Crippen LogP contribution is -2.35. The monoisotopic (exact) mass is 361 g/mol. The lowest BCUT2D eigenvalue weighted by molar-refractivity contribution is 0.0820. The molecule has 3 heterocycles. The number of pyridine rings is 1. The normalized spacial score (nSPS) is 20.3. The van der Waals surface area contributed by atoms with Crippen LogP contribution in [-0.2, 0) is 4.84 Å². The molecule has 1 aliphatic heterocycles. The number of rotatable bonds is 4. The molecule has 1 saturated carbocycles. The van der Waals surface area contributed by atoms with Crippen LogP contribution < -0.4 is 21.6 Å². The Morgan fingerprint density at radius 3 is 2.77 bits per heavy atom. The molecule has 4 rings (SSSR count). The zero-order valence-electron chi connectivity index (χ0n) is 14.6. The van der Waals surface area contributed by atoms with Gasteiger partial charge in [0, 0.05) is 23.4 Å². The highest BCUT2D eigenvalue weighted by Crippen LogP contribution is 2.41. The van der Waals surface area contributed by atoms with Crippen LogP contribution in [0.4, 0.5) is 10.1 Å². The summed E-state index contributed by atoms with van der Waals surface area (Å²) in [7, 11) is 1.47. The third-order valence-electron chi connectivity index (χ3n) is 5.11. The van der Waals surface area contributed by atoms with Crippen molar-refractivity contribution < 1.29 is 9.23 Å². The van der Waals surface area contributed by atoms with Gasteiger partial charge in [-0.2, -0.15) is 5.48 Å². The predicted molar refractivity (Wildman–Crippen MR) is 94.8 cm³/mol. The van der Waals surface area contributed by atoms with E-state index in [1.54, 1.807) is 11.8 Å². The first-order valence-electron chi connectivity index (χ1n) is 8.50. The summed E-state index contributed by atoms with van der Waals surface area (Å²) in [5, 5.41) is 8.06. The molecule has 1 atom stereocenters. The number of hydrogen-bond acceptors (Lipinski definition) is 6. The van der Waals surface area contributed by atoms with Crippen LogP contribution in [0.2, 0.25) is 0 Å². The van der Waals surface area contributed by atoms with Gasteiger partial charge >= 0.3 is 5.69 Å².